The van der Waals surface area contributed by atoms with Crippen LogP contribution < -0.4 is 5.32 Å². The first-order valence-electron chi connectivity index (χ1n) is 11.8. The molecule has 0 unspecified atom stereocenters. The fourth-order valence-electron chi connectivity index (χ4n) is 6.50. The zero-order valence-electron chi connectivity index (χ0n) is 18.8. The Labute approximate surface area is 192 Å². The Balaban J connectivity index is 1.45. The Morgan fingerprint density at radius 1 is 1.12 bits per heavy atom. The van der Waals surface area contributed by atoms with Crippen LogP contribution in [0.3, 0.4) is 0 Å². The Bertz CT molecular complexity index is 1080. The Morgan fingerprint density at radius 2 is 1.91 bits per heavy atom. The number of hydrogen-bond donors (Lipinski definition) is 1. The molecule has 1 heterocycles. The molecule has 5 rings (SSSR count). The third-order valence-corrected chi connectivity index (χ3v) is 8.03. The molecule has 33 heavy (non-hydrogen) atoms. The van der Waals surface area contributed by atoms with E-state index in [0.29, 0.717) is 23.2 Å². The number of nitrogens with one attached hydrogen (secondary N) is 1. The minimum absolute atomic E-state index is 0.176. The van der Waals surface area contributed by atoms with Crippen LogP contribution in [0, 0.1) is 5.92 Å². The molecule has 2 fully saturated rings. The fraction of sp³-hybridized carbons (Fsp3) is 0.444. The maximum absolute atomic E-state index is 13.7. The number of rotatable bonds is 3. The molecule has 1 saturated carbocycles. The van der Waals surface area contributed by atoms with E-state index in [-0.39, 0.29) is 5.41 Å². The van der Waals surface area contributed by atoms with E-state index in [1.165, 1.54) is 36.8 Å². The van der Waals surface area contributed by atoms with Crippen molar-refractivity contribution in [1.82, 2.24) is 4.90 Å². The summed E-state index contributed by atoms with van der Waals surface area (Å²) in [5.41, 5.74) is 2.26. The molecule has 2 bridgehead atoms. The number of alkyl halides is 3. The smallest absolute Gasteiger partial charge is 0.322 e. The molecular weight excluding hydrogens is 425 g/mol. The maximum atomic E-state index is 13.7. The quantitative estimate of drug-likeness (QED) is 0.581. The lowest BCUT2D eigenvalue weighted by Gasteiger charge is -2.58. The van der Waals surface area contributed by atoms with Crippen molar-refractivity contribution >= 4 is 17.7 Å². The van der Waals surface area contributed by atoms with Crippen molar-refractivity contribution in [2.45, 2.75) is 56.2 Å². The van der Waals surface area contributed by atoms with Crippen LogP contribution in [-0.2, 0) is 16.6 Å². The maximum Gasteiger partial charge on any atom is 0.421 e. The highest BCUT2D eigenvalue weighted by atomic mass is 19.4. The van der Waals surface area contributed by atoms with E-state index in [1.54, 1.807) is 36.4 Å². The number of carbonyl (C=O) groups excluding carboxylic acids is 1. The molecule has 1 aliphatic heterocycles. The second-order valence-electron chi connectivity index (χ2n) is 9.80. The molecule has 3 nitrogen and oxygen atoms in total. The molecule has 3 atom stereocenters. The van der Waals surface area contributed by atoms with Crippen molar-refractivity contribution < 1.29 is 18.0 Å². The van der Waals surface area contributed by atoms with Crippen molar-refractivity contribution in [3.05, 3.63) is 70.8 Å². The van der Waals surface area contributed by atoms with E-state index in [1.807, 2.05) is 6.07 Å². The van der Waals surface area contributed by atoms with Crippen LogP contribution in [0.5, 0.6) is 0 Å². The van der Waals surface area contributed by atoms with Crippen molar-refractivity contribution in [1.29, 1.82) is 0 Å². The molecule has 174 valence electrons. The summed E-state index contributed by atoms with van der Waals surface area (Å²) >= 11 is 0. The van der Waals surface area contributed by atoms with E-state index in [4.69, 9.17) is 0 Å². The number of likely N-dealkylation sites (tertiary alicyclic amines) is 1. The molecule has 1 amide bonds. The van der Waals surface area contributed by atoms with Gasteiger partial charge in [0.2, 0.25) is 0 Å². The monoisotopic (exact) mass is 454 g/mol. The summed E-state index contributed by atoms with van der Waals surface area (Å²) in [6, 6.07) is 14.3. The predicted octanol–water partition coefficient (Wildman–Crippen LogP) is 5.96. The van der Waals surface area contributed by atoms with E-state index in [9.17, 15) is 18.0 Å². The van der Waals surface area contributed by atoms with Crippen molar-refractivity contribution in [3.8, 4) is 0 Å². The lowest BCUT2D eigenvalue weighted by atomic mass is 9.52. The van der Waals surface area contributed by atoms with Gasteiger partial charge in [0.05, 0.1) is 0 Å². The zero-order chi connectivity index (χ0) is 23.2. The average molecular weight is 455 g/mol. The SMILES string of the molecule is CN1CC[C@]23CCCC[C@H]2[C@H]1Cc1cc(NC(=O)C(=Cc2ccccc2)C(F)(F)F)ccc13. The molecule has 1 saturated heterocycles. The predicted molar refractivity (Wildman–Crippen MR) is 124 cm³/mol. The summed E-state index contributed by atoms with van der Waals surface area (Å²) < 4.78 is 41.0. The van der Waals surface area contributed by atoms with Crippen LogP contribution in [0.25, 0.3) is 6.08 Å². The standard InChI is InChI=1S/C27H29F3N2O/c1-32-14-13-26-12-6-5-9-22(26)24(32)17-19-16-20(10-11-21(19)26)31-25(33)23(27(28,29)30)15-18-7-3-2-4-8-18/h2-4,7-8,10-11,15-16,22,24H,5-6,9,12-14,17H2,1H3,(H,31,33)/t22-,24+,26-/m0/s1. The Hall–Kier alpha value is -2.60. The second kappa shape index (κ2) is 8.32. The molecule has 3 aliphatic rings. The summed E-state index contributed by atoms with van der Waals surface area (Å²) in [7, 11) is 2.18. The van der Waals surface area contributed by atoms with Gasteiger partial charge in [-0.1, -0.05) is 49.2 Å². The van der Waals surface area contributed by atoms with Gasteiger partial charge in [-0.05, 0) is 80.1 Å². The number of fused-ring (bicyclic) bond motifs is 1. The summed E-state index contributed by atoms with van der Waals surface area (Å²) in [5.74, 6) is -0.489. The number of benzene rings is 2. The molecular formula is C27H29F3N2O. The number of piperidine rings is 1. The van der Waals surface area contributed by atoms with Gasteiger partial charge in [-0.3, -0.25) is 4.79 Å². The zero-order valence-corrected chi connectivity index (χ0v) is 18.8. The molecule has 0 radical (unpaired) electrons. The van der Waals surface area contributed by atoms with Crippen LogP contribution >= 0.6 is 0 Å². The number of halogens is 3. The van der Waals surface area contributed by atoms with Gasteiger partial charge in [0.1, 0.15) is 5.57 Å². The van der Waals surface area contributed by atoms with Gasteiger partial charge in [-0.2, -0.15) is 13.2 Å². The van der Waals surface area contributed by atoms with E-state index in [0.717, 1.165) is 25.5 Å². The Kier molecular flexibility index (Phi) is 5.60. The second-order valence-corrected chi connectivity index (χ2v) is 9.80. The fourth-order valence-corrected chi connectivity index (χ4v) is 6.50. The van der Waals surface area contributed by atoms with E-state index >= 15 is 0 Å². The van der Waals surface area contributed by atoms with Crippen LogP contribution in [-0.4, -0.2) is 36.6 Å². The molecule has 2 aromatic rings. The van der Waals surface area contributed by atoms with Crippen LogP contribution in [0.15, 0.2) is 54.1 Å². The van der Waals surface area contributed by atoms with Gasteiger partial charge in [0, 0.05) is 17.1 Å². The number of likely N-dealkylation sites (N-methyl/N-ethyl adjacent to an activating group) is 1. The van der Waals surface area contributed by atoms with Crippen molar-refractivity contribution in [2.75, 3.05) is 18.9 Å². The number of carbonyl (C=O) groups is 1. The van der Waals surface area contributed by atoms with E-state index < -0.39 is 17.7 Å². The van der Waals surface area contributed by atoms with E-state index in [2.05, 4.69) is 23.3 Å². The molecule has 0 aromatic heterocycles. The molecule has 1 N–H and O–H groups in total. The summed E-state index contributed by atoms with van der Waals surface area (Å²) in [4.78, 5) is 15.2. The third-order valence-electron chi connectivity index (χ3n) is 8.03. The first-order valence-corrected chi connectivity index (χ1v) is 11.8. The van der Waals surface area contributed by atoms with Crippen LogP contribution in [0.2, 0.25) is 0 Å². The van der Waals surface area contributed by atoms with Gasteiger partial charge in [0.15, 0.2) is 0 Å². The van der Waals surface area contributed by atoms with Gasteiger partial charge in [-0.25, -0.2) is 0 Å². The number of anilines is 1. The largest absolute Gasteiger partial charge is 0.421 e. The highest BCUT2D eigenvalue weighted by molar-refractivity contribution is 6.07. The minimum atomic E-state index is -4.75. The normalized spacial score (nSPS) is 27.5. The van der Waals surface area contributed by atoms with Gasteiger partial charge < -0.3 is 10.2 Å². The van der Waals surface area contributed by atoms with Gasteiger partial charge in [-0.15, -0.1) is 0 Å². The highest BCUT2D eigenvalue weighted by Crippen LogP contribution is 2.55. The van der Waals surface area contributed by atoms with Crippen LogP contribution in [0.1, 0.15) is 48.8 Å². The third kappa shape index (κ3) is 3.99. The lowest BCUT2D eigenvalue weighted by Crippen LogP contribution is -2.59. The summed E-state index contributed by atoms with van der Waals surface area (Å²) in [6.45, 7) is 1.08. The lowest BCUT2D eigenvalue weighted by molar-refractivity contribution is -0.126. The number of nitrogens with zero attached hydrogens (tertiary/aromatic N) is 1. The molecule has 2 aliphatic carbocycles. The summed E-state index contributed by atoms with van der Waals surface area (Å²) in [6.07, 6.45) is 3.08. The summed E-state index contributed by atoms with van der Waals surface area (Å²) in [5, 5.41) is 2.52. The molecule has 6 heteroatoms. The average Bonchev–Trinajstić information content (AvgIpc) is 2.79. The molecule has 0 spiro atoms. The number of hydrogen-bond acceptors (Lipinski definition) is 2. The first-order chi connectivity index (χ1) is 15.8. The van der Waals surface area contributed by atoms with Crippen LogP contribution in [0.4, 0.5) is 18.9 Å². The Morgan fingerprint density at radius 3 is 2.67 bits per heavy atom. The van der Waals surface area contributed by atoms with Gasteiger partial charge >= 0.3 is 6.18 Å². The van der Waals surface area contributed by atoms with Gasteiger partial charge in [0.25, 0.3) is 5.91 Å². The van der Waals surface area contributed by atoms with Crippen molar-refractivity contribution in [2.24, 2.45) is 5.92 Å². The molecule has 2 aromatic carbocycles. The number of amides is 1. The first kappa shape index (κ1) is 22.2. The minimum Gasteiger partial charge on any atom is -0.322 e. The highest BCUT2D eigenvalue weighted by Gasteiger charge is 2.53. The van der Waals surface area contributed by atoms with Crippen molar-refractivity contribution in [3.63, 3.8) is 0 Å². The topological polar surface area (TPSA) is 32.3 Å².